The van der Waals surface area contributed by atoms with Crippen molar-refractivity contribution in [3.05, 3.63) is 58.3 Å². The molecule has 1 aromatic heterocycles. The van der Waals surface area contributed by atoms with Gasteiger partial charge in [0.15, 0.2) is 0 Å². The first-order valence-corrected chi connectivity index (χ1v) is 8.33. The third-order valence-corrected chi connectivity index (χ3v) is 4.88. The molecule has 1 atom stereocenters. The van der Waals surface area contributed by atoms with Crippen molar-refractivity contribution in [3.8, 4) is 0 Å². The molecule has 3 heteroatoms. The number of rotatable bonds is 4. The Bertz CT molecular complexity index is 495. The van der Waals surface area contributed by atoms with Gasteiger partial charge in [0.25, 0.3) is 0 Å². The van der Waals surface area contributed by atoms with Gasteiger partial charge in [-0.1, -0.05) is 36.4 Å². The van der Waals surface area contributed by atoms with Crippen LogP contribution in [0.3, 0.4) is 0 Å². The molecule has 1 aliphatic rings. The van der Waals surface area contributed by atoms with Gasteiger partial charge >= 0.3 is 0 Å². The topological polar surface area (TPSA) is 15.3 Å². The normalized spacial score (nSPS) is 20.7. The lowest BCUT2D eigenvalue weighted by molar-refractivity contribution is 0.272. The monoisotopic (exact) mass is 286 g/mol. The van der Waals surface area contributed by atoms with Crippen LogP contribution in [0.1, 0.15) is 22.9 Å². The highest BCUT2D eigenvalue weighted by Gasteiger charge is 2.18. The molecule has 0 saturated carbocycles. The molecule has 1 aromatic carbocycles. The molecule has 0 aliphatic carbocycles. The third-order valence-electron chi connectivity index (χ3n) is 3.94. The number of thiophene rings is 1. The molecule has 1 fully saturated rings. The molecule has 0 bridgehead atoms. The molecule has 1 N–H and O–H groups in total. The summed E-state index contributed by atoms with van der Waals surface area (Å²) < 4.78 is 0. The maximum absolute atomic E-state index is 3.68. The largest absolute Gasteiger partial charge is 0.309 e. The predicted molar refractivity (Wildman–Crippen MR) is 86.3 cm³/mol. The van der Waals surface area contributed by atoms with E-state index in [2.05, 4.69) is 58.1 Å². The lowest BCUT2D eigenvalue weighted by Gasteiger charge is -2.24. The van der Waals surface area contributed by atoms with Gasteiger partial charge in [-0.15, -0.1) is 11.3 Å². The number of hydrogen-bond acceptors (Lipinski definition) is 3. The highest BCUT2D eigenvalue weighted by molar-refractivity contribution is 7.09. The van der Waals surface area contributed by atoms with E-state index in [1.165, 1.54) is 36.4 Å². The summed E-state index contributed by atoms with van der Waals surface area (Å²) in [5.74, 6) is 0. The summed E-state index contributed by atoms with van der Waals surface area (Å²) in [5.41, 5.74) is 1.41. The SMILES string of the molecule is c1ccc(C2CN(CCc3cccs3)CCCN2)cc1. The molecule has 1 unspecified atom stereocenters. The van der Waals surface area contributed by atoms with Crippen molar-refractivity contribution >= 4 is 11.3 Å². The highest BCUT2D eigenvalue weighted by Crippen LogP contribution is 2.18. The van der Waals surface area contributed by atoms with E-state index in [4.69, 9.17) is 0 Å². The Morgan fingerprint density at radius 3 is 2.85 bits per heavy atom. The van der Waals surface area contributed by atoms with Crippen LogP contribution in [0.15, 0.2) is 47.8 Å². The second kappa shape index (κ2) is 7.02. The van der Waals surface area contributed by atoms with Crippen LogP contribution in [0.2, 0.25) is 0 Å². The van der Waals surface area contributed by atoms with Crippen molar-refractivity contribution in [1.29, 1.82) is 0 Å². The summed E-state index contributed by atoms with van der Waals surface area (Å²) in [4.78, 5) is 4.11. The van der Waals surface area contributed by atoms with E-state index in [9.17, 15) is 0 Å². The number of nitrogens with zero attached hydrogens (tertiary/aromatic N) is 1. The van der Waals surface area contributed by atoms with Crippen molar-refractivity contribution in [2.24, 2.45) is 0 Å². The summed E-state index contributed by atoms with van der Waals surface area (Å²) in [5, 5.41) is 5.85. The zero-order valence-corrected chi connectivity index (χ0v) is 12.6. The van der Waals surface area contributed by atoms with Gasteiger partial charge in [0.2, 0.25) is 0 Å². The lowest BCUT2D eigenvalue weighted by Crippen LogP contribution is -2.32. The fourth-order valence-corrected chi connectivity index (χ4v) is 3.53. The predicted octanol–water partition coefficient (Wildman–Crippen LogP) is 3.33. The molecule has 3 rings (SSSR count). The molecule has 1 saturated heterocycles. The zero-order chi connectivity index (χ0) is 13.6. The second-order valence-electron chi connectivity index (χ2n) is 5.40. The molecule has 0 radical (unpaired) electrons. The maximum Gasteiger partial charge on any atom is 0.0449 e. The van der Waals surface area contributed by atoms with Gasteiger partial charge in [0.05, 0.1) is 0 Å². The second-order valence-corrected chi connectivity index (χ2v) is 6.43. The van der Waals surface area contributed by atoms with E-state index < -0.39 is 0 Å². The summed E-state index contributed by atoms with van der Waals surface area (Å²) in [7, 11) is 0. The summed E-state index contributed by atoms with van der Waals surface area (Å²) >= 11 is 1.87. The number of hydrogen-bond donors (Lipinski definition) is 1. The summed E-state index contributed by atoms with van der Waals surface area (Å²) in [6.07, 6.45) is 2.42. The van der Waals surface area contributed by atoms with E-state index in [0.717, 1.165) is 13.1 Å². The van der Waals surface area contributed by atoms with E-state index in [1.807, 2.05) is 11.3 Å². The number of benzene rings is 1. The van der Waals surface area contributed by atoms with E-state index in [0.29, 0.717) is 6.04 Å². The average Bonchev–Trinajstić information content (AvgIpc) is 2.90. The minimum atomic E-state index is 0.474. The van der Waals surface area contributed by atoms with Crippen molar-refractivity contribution < 1.29 is 0 Å². The van der Waals surface area contributed by atoms with Crippen molar-refractivity contribution in [2.45, 2.75) is 18.9 Å². The van der Waals surface area contributed by atoms with E-state index in [-0.39, 0.29) is 0 Å². The summed E-state index contributed by atoms with van der Waals surface area (Å²) in [6.45, 7) is 4.62. The molecule has 0 spiro atoms. The van der Waals surface area contributed by atoms with Crippen molar-refractivity contribution in [1.82, 2.24) is 10.2 Å². The third kappa shape index (κ3) is 3.69. The van der Waals surface area contributed by atoms with Crippen molar-refractivity contribution in [3.63, 3.8) is 0 Å². The van der Waals surface area contributed by atoms with E-state index in [1.54, 1.807) is 0 Å². The van der Waals surface area contributed by atoms with Crippen molar-refractivity contribution in [2.75, 3.05) is 26.2 Å². The first-order valence-electron chi connectivity index (χ1n) is 7.45. The van der Waals surface area contributed by atoms with E-state index >= 15 is 0 Å². The van der Waals surface area contributed by atoms with Gasteiger partial charge in [0, 0.05) is 24.0 Å². The molecular formula is C17H22N2S. The first-order chi connectivity index (χ1) is 9.92. The smallest absolute Gasteiger partial charge is 0.0449 e. The van der Waals surface area contributed by atoms with Crippen LogP contribution in [-0.4, -0.2) is 31.1 Å². The number of nitrogens with one attached hydrogen (secondary N) is 1. The molecule has 2 heterocycles. The summed E-state index contributed by atoms with van der Waals surface area (Å²) in [6, 6.07) is 15.7. The van der Waals surface area contributed by atoms with Crippen LogP contribution in [-0.2, 0) is 6.42 Å². The molecule has 106 valence electrons. The Morgan fingerprint density at radius 1 is 1.15 bits per heavy atom. The first kappa shape index (κ1) is 13.8. The van der Waals surface area contributed by atoms with Crippen LogP contribution in [0.4, 0.5) is 0 Å². The van der Waals surface area contributed by atoms with Crippen LogP contribution in [0.5, 0.6) is 0 Å². The fraction of sp³-hybridized carbons (Fsp3) is 0.412. The van der Waals surface area contributed by atoms with Gasteiger partial charge < -0.3 is 10.2 Å². The molecule has 2 nitrogen and oxygen atoms in total. The van der Waals surface area contributed by atoms with Gasteiger partial charge in [0.1, 0.15) is 0 Å². The molecule has 0 amide bonds. The minimum absolute atomic E-state index is 0.474. The fourth-order valence-electron chi connectivity index (χ4n) is 2.83. The molecule has 1 aliphatic heterocycles. The van der Waals surface area contributed by atoms with Gasteiger partial charge in [-0.05, 0) is 42.9 Å². The van der Waals surface area contributed by atoms with Crippen LogP contribution in [0, 0.1) is 0 Å². The Morgan fingerprint density at radius 2 is 2.05 bits per heavy atom. The molecule has 2 aromatic rings. The standard InChI is InChI=1S/C17H22N2S/c1-2-6-15(7-3-1)17-14-19(11-5-10-18-17)12-9-16-8-4-13-20-16/h1-4,6-8,13,17-18H,5,9-12,14H2. The maximum atomic E-state index is 3.68. The Labute approximate surface area is 125 Å². The minimum Gasteiger partial charge on any atom is -0.309 e. The van der Waals surface area contributed by atoms with Crippen LogP contribution >= 0.6 is 11.3 Å². The van der Waals surface area contributed by atoms with Gasteiger partial charge in [-0.3, -0.25) is 0 Å². The zero-order valence-electron chi connectivity index (χ0n) is 11.8. The quantitative estimate of drug-likeness (QED) is 0.927. The Kier molecular flexibility index (Phi) is 4.85. The average molecular weight is 286 g/mol. The molecular weight excluding hydrogens is 264 g/mol. The van der Waals surface area contributed by atoms with Gasteiger partial charge in [-0.25, -0.2) is 0 Å². The lowest BCUT2D eigenvalue weighted by atomic mass is 10.1. The molecule has 20 heavy (non-hydrogen) atoms. The van der Waals surface area contributed by atoms with Crippen LogP contribution in [0.25, 0.3) is 0 Å². The Hall–Kier alpha value is -1.16. The Balaban J connectivity index is 1.60. The highest BCUT2D eigenvalue weighted by atomic mass is 32.1. The van der Waals surface area contributed by atoms with Gasteiger partial charge in [-0.2, -0.15) is 0 Å². The van der Waals surface area contributed by atoms with Crippen LogP contribution < -0.4 is 5.32 Å².